The Morgan fingerprint density at radius 3 is 2.67 bits per heavy atom. The molecule has 0 aromatic heterocycles. The smallest absolute Gasteiger partial charge is 0.150 e. The van der Waals surface area contributed by atoms with E-state index in [0.717, 1.165) is 5.56 Å². The molecule has 0 saturated carbocycles. The average molecular weight is 309 g/mol. The van der Waals surface area contributed by atoms with Crippen LogP contribution in [0.2, 0.25) is 10.0 Å². The predicted molar refractivity (Wildman–Crippen MR) is 72.9 cm³/mol. The first-order valence-electron chi connectivity index (χ1n) is 5.70. The zero-order valence-electron chi connectivity index (χ0n) is 9.64. The molecule has 0 spiro atoms. The van der Waals surface area contributed by atoms with Crippen LogP contribution in [0.15, 0.2) is 18.2 Å². The molecule has 0 aliphatic carbocycles. The summed E-state index contributed by atoms with van der Waals surface area (Å²) in [5.41, 5.74) is 0.790. The van der Waals surface area contributed by atoms with Crippen molar-refractivity contribution in [3.8, 4) is 0 Å². The highest BCUT2D eigenvalue weighted by molar-refractivity contribution is 7.91. The van der Waals surface area contributed by atoms with E-state index in [9.17, 15) is 13.5 Å². The monoisotopic (exact) mass is 308 g/mol. The molecule has 100 valence electrons. The Balaban J connectivity index is 2.05. The Morgan fingerprint density at radius 1 is 1.39 bits per heavy atom. The van der Waals surface area contributed by atoms with Gasteiger partial charge in [-0.1, -0.05) is 29.3 Å². The van der Waals surface area contributed by atoms with Gasteiger partial charge in [-0.2, -0.15) is 0 Å². The summed E-state index contributed by atoms with van der Waals surface area (Å²) in [6.07, 6.45) is 0.200. The molecular weight excluding hydrogens is 295 g/mol. The van der Waals surface area contributed by atoms with Crippen LogP contribution in [0, 0.1) is 5.92 Å². The van der Waals surface area contributed by atoms with Crippen LogP contribution in [0.25, 0.3) is 0 Å². The molecule has 1 aliphatic heterocycles. The minimum atomic E-state index is -2.96. The summed E-state index contributed by atoms with van der Waals surface area (Å²) >= 11 is 11.8. The minimum Gasteiger partial charge on any atom is -0.392 e. The minimum absolute atomic E-state index is 0.0688. The number of aliphatic hydroxyl groups excluding tert-OH is 1. The van der Waals surface area contributed by atoms with Crippen LogP contribution in [0.1, 0.15) is 12.0 Å². The topological polar surface area (TPSA) is 54.4 Å². The Morgan fingerprint density at radius 2 is 2.11 bits per heavy atom. The number of rotatable bonds is 3. The fourth-order valence-corrected chi connectivity index (χ4v) is 4.56. The first-order valence-corrected chi connectivity index (χ1v) is 8.27. The van der Waals surface area contributed by atoms with Crippen molar-refractivity contribution in [2.45, 2.75) is 18.9 Å². The van der Waals surface area contributed by atoms with Gasteiger partial charge in [0, 0.05) is 22.4 Å². The van der Waals surface area contributed by atoms with Crippen molar-refractivity contribution in [3.05, 3.63) is 33.8 Å². The highest BCUT2D eigenvalue weighted by Crippen LogP contribution is 2.27. The highest BCUT2D eigenvalue weighted by Gasteiger charge is 2.32. The van der Waals surface area contributed by atoms with E-state index in [2.05, 4.69) is 0 Å². The second-order valence-electron chi connectivity index (χ2n) is 4.67. The predicted octanol–water partition coefficient (Wildman–Crippen LogP) is 2.33. The molecule has 2 rings (SSSR count). The molecule has 18 heavy (non-hydrogen) atoms. The molecule has 0 radical (unpaired) electrons. The van der Waals surface area contributed by atoms with Crippen molar-refractivity contribution in [3.63, 3.8) is 0 Å². The van der Waals surface area contributed by atoms with Gasteiger partial charge in [-0.05, 0) is 24.1 Å². The first-order chi connectivity index (χ1) is 8.37. The quantitative estimate of drug-likeness (QED) is 0.932. The number of halogens is 2. The summed E-state index contributed by atoms with van der Waals surface area (Å²) in [4.78, 5) is 0. The maximum atomic E-state index is 11.4. The van der Waals surface area contributed by atoms with Crippen molar-refractivity contribution >= 4 is 33.0 Å². The molecule has 6 heteroatoms. The number of hydrogen-bond donors (Lipinski definition) is 1. The third kappa shape index (κ3) is 3.38. The molecule has 1 fully saturated rings. The maximum Gasteiger partial charge on any atom is 0.150 e. The standard InChI is InChI=1S/C12H14Cl2O3S/c13-10-2-1-8(11(14)6-10)5-12(15)9-3-4-18(16,17)7-9/h1-2,6,9,12,15H,3-5,7H2. The van der Waals surface area contributed by atoms with E-state index < -0.39 is 15.9 Å². The molecule has 2 unspecified atom stereocenters. The van der Waals surface area contributed by atoms with Crippen LogP contribution in [-0.4, -0.2) is 31.1 Å². The summed E-state index contributed by atoms with van der Waals surface area (Å²) in [6, 6.07) is 5.09. The van der Waals surface area contributed by atoms with Gasteiger partial charge in [-0.15, -0.1) is 0 Å². The molecule has 1 N–H and O–H groups in total. The molecule has 3 nitrogen and oxygen atoms in total. The van der Waals surface area contributed by atoms with E-state index in [4.69, 9.17) is 23.2 Å². The molecule has 1 heterocycles. The normalized spacial score (nSPS) is 24.1. The Bertz CT molecular complexity index is 542. The van der Waals surface area contributed by atoms with Crippen LogP contribution in [-0.2, 0) is 16.3 Å². The van der Waals surface area contributed by atoms with Crippen molar-refractivity contribution in [1.29, 1.82) is 0 Å². The SMILES string of the molecule is O=S1(=O)CCC(C(O)Cc2ccc(Cl)cc2Cl)C1. The first kappa shape index (κ1) is 14.1. The van der Waals surface area contributed by atoms with Crippen LogP contribution in [0.5, 0.6) is 0 Å². The summed E-state index contributed by atoms with van der Waals surface area (Å²) in [5, 5.41) is 11.1. The second-order valence-corrected chi connectivity index (χ2v) is 7.74. The molecule has 2 atom stereocenters. The lowest BCUT2D eigenvalue weighted by Gasteiger charge is -2.17. The molecule has 0 bridgehead atoms. The van der Waals surface area contributed by atoms with Gasteiger partial charge in [0.15, 0.2) is 9.84 Å². The third-order valence-electron chi connectivity index (χ3n) is 3.26. The second kappa shape index (κ2) is 5.37. The largest absolute Gasteiger partial charge is 0.392 e. The van der Waals surface area contributed by atoms with Gasteiger partial charge in [0.1, 0.15) is 0 Å². The third-order valence-corrected chi connectivity index (χ3v) is 5.64. The zero-order valence-corrected chi connectivity index (χ0v) is 12.0. The molecule has 1 aliphatic rings. The highest BCUT2D eigenvalue weighted by atomic mass is 35.5. The van der Waals surface area contributed by atoms with E-state index in [1.165, 1.54) is 0 Å². The summed E-state index contributed by atoms with van der Waals surface area (Å²) < 4.78 is 22.7. The van der Waals surface area contributed by atoms with Crippen molar-refractivity contribution in [1.82, 2.24) is 0 Å². The fraction of sp³-hybridized carbons (Fsp3) is 0.500. The molecular formula is C12H14Cl2O3S. The summed E-state index contributed by atoms with van der Waals surface area (Å²) in [6.45, 7) is 0. The van der Waals surface area contributed by atoms with Crippen LogP contribution >= 0.6 is 23.2 Å². The van der Waals surface area contributed by atoms with Crippen LogP contribution in [0.4, 0.5) is 0 Å². The summed E-state index contributed by atoms with van der Waals surface area (Å²) in [5.74, 6) is 0.0457. The van der Waals surface area contributed by atoms with Crippen molar-refractivity contribution in [2.24, 2.45) is 5.92 Å². The van der Waals surface area contributed by atoms with Gasteiger partial charge in [0.25, 0.3) is 0 Å². The summed E-state index contributed by atoms with van der Waals surface area (Å²) in [7, 11) is -2.96. The van der Waals surface area contributed by atoms with E-state index in [1.54, 1.807) is 18.2 Å². The van der Waals surface area contributed by atoms with Gasteiger partial charge in [0.05, 0.1) is 17.6 Å². The maximum absolute atomic E-state index is 11.4. The van der Waals surface area contributed by atoms with E-state index in [1.807, 2.05) is 0 Å². The lowest BCUT2D eigenvalue weighted by atomic mass is 9.96. The van der Waals surface area contributed by atoms with Crippen LogP contribution in [0.3, 0.4) is 0 Å². The molecule has 1 aromatic carbocycles. The van der Waals surface area contributed by atoms with Gasteiger partial charge >= 0.3 is 0 Å². The number of aliphatic hydroxyl groups is 1. The Labute approximate surface area is 117 Å². The molecule has 0 amide bonds. The van der Waals surface area contributed by atoms with Crippen molar-refractivity contribution < 1.29 is 13.5 Å². The molecule has 1 saturated heterocycles. The van der Waals surface area contributed by atoms with E-state index in [-0.39, 0.29) is 17.4 Å². The van der Waals surface area contributed by atoms with Gasteiger partial charge in [-0.3, -0.25) is 0 Å². The van der Waals surface area contributed by atoms with E-state index >= 15 is 0 Å². The van der Waals surface area contributed by atoms with Gasteiger partial charge in [-0.25, -0.2) is 8.42 Å². The van der Waals surface area contributed by atoms with Gasteiger partial charge < -0.3 is 5.11 Å². The Hall–Kier alpha value is -0.290. The zero-order chi connectivity index (χ0) is 13.3. The number of benzene rings is 1. The number of sulfone groups is 1. The van der Waals surface area contributed by atoms with Crippen molar-refractivity contribution in [2.75, 3.05) is 11.5 Å². The lowest BCUT2D eigenvalue weighted by molar-refractivity contribution is 0.120. The fourth-order valence-electron chi connectivity index (χ4n) is 2.21. The molecule has 1 aromatic rings. The van der Waals surface area contributed by atoms with Crippen LogP contribution < -0.4 is 0 Å². The Kier molecular flexibility index (Phi) is 4.22. The van der Waals surface area contributed by atoms with Gasteiger partial charge in [0.2, 0.25) is 0 Å². The lowest BCUT2D eigenvalue weighted by Crippen LogP contribution is -2.24. The number of hydrogen-bond acceptors (Lipinski definition) is 3. The van der Waals surface area contributed by atoms with E-state index in [0.29, 0.717) is 22.9 Å². The average Bonchev–Trinajstić information content (AvgIpc) is 2.63.